The Morgan fingerprint density at radius 2 is 1.44 bits per heavy atom. The van der Waals surface area contributed by atoms with Gasteiger partial charge < -0.3 is 53.8 Å². The number of Topliss-reactive ketones (excluding diaryl/α,β-unsaturated/α-hetero) is 1. The molecule has 4 N–H and O–H groups in total. The van der Waals surface area contributed by atoms with Gasteiger partial charge in [-0.15, -0.1) is 0 Å². The van der Waals surface area contributed by atoms with Crippen LogP contribution in [0.3, 0.4) is 0 Å². The van der Waals surface area contributed by atoms with E-state index >= 15 is 9.59 Å². The fraction of sp³-hybridized carbons (Fsp3) is 0.481. The van der Waals surface area contributed by atoms with Crippen LogP contribution in [0.25, 0.3) is 0 Å². The molecule has 7 rings (SSSR count). The number of amides is 1. The molecule has 3 unspecified atom stereocenters. The zero-order valence-electron chi connectivity index (χ0n) is 40.6. The number of ketones is 1. The fourth-order valence-corrected chi connectivity index (χ4v) is 12.3. The topological polar surface area (TPSA) is 257 Å². The van der Waals surface area contributed by atoms with Gasteiger partial charge in [0.15, 0.2) is 17.5 Å². The second-order valence-electron chi connectivity index (χ2n) is 18.9. The van der Waals surface area contributed by atoms with E-state index in [0.717, 1.165) is 13.8 Å². The minimum atomic E-state index is -2.48. The Hall–Kier alpha value is -5.77. The molecule has 3 aromatic rings. The number of aliphatic hydroxyl groups is 3. The summed E-state index contributed by atoms with van der Waals surface area (Å²) in [6.45, 7) is 7.60. The summed E-state index contributed by atoms with van der Waals surface area (Å²) in [4.78, 5) is 99.2. The van der Waals surface area contributed by atoms with Crippen LogP contribution in [0, 0.1) is 16.7 Å². The van der Waals surface area contributed by atoms with Crippen LogP contribution in [0.4, 0.5) is 4.79 Å². The molecular weight excluding hydrogens is 975 g/mol. The zero-order chi connectivity index (χ0) is 52.2. The van der Waals surface area contributed by atoms with Gasteiger partial charge in [0, 0.05) is 49.2 Å². The summed E-state index contributed by atoms with van der Waals surface area (Å²) in [5.41, 5.74) is -7.56. The molecule has 1 heterocycles. The average Bonchev–Trinajstić information content (AvgIpc) is 3.35. The summed E-state index contributed by atoms with van der Waals surface area (Å²) in [6.07, 6.45) is -12.2. The standard InChI is InChI=1S/C52H59NO17S2/c1-29-35(67-47(61)41(68-48(62)64-23-25-72-71-24-22-54)39(32-16-10-7-11-17-32)53-45(59)33-18-12-8-13-19-33)27-52(63)44(69-46(60)34-20-14-9-15-21-34)42-50(6,36(57)26-37-51(42,28-65-37)70-31(3)56)43(58)40(66-30(2)55)38(29)49(52,4)5/h7-21,35-37,39-42,44,54,57,63H,22-28H2,1-6H3,(H,53,59)/t35?,36-,37+,39?,40+,41?,42-,44-,50+,51-,52+/m0/s1. The molecule has 11 atom stereocenters. The number of aliphatic hydroxyl groups excluding tert-OH is 2. The van der Waals surface area contributed by atoms with Crippen LogP contribution >= 0.6 is 21.6 Å². The molecule has 0 radical (unpaired) electrons. The van der Waals surface area contributed by atoms with E-state index in [4.69, 9.17) is 38.3 Å². The number of nitrogens with one attached hydrogen (secondary N) is 1. The van der Waals surface area contributed by atoms with Crippen LogP contribution in [0.2, 0.25) is 0 Å². The lowest BCUT2D eigenvalue weighted by molar-refractivity contribution is -0.346. The highest BCUT2D eigenvalue weighted by Crippen LogP contribution is 2.64. The number of rotatable bonds is 17. The van der Waals surface area contributed by atoms with Crippen molar-refractivity contribution >= 4 is 63.3 Å². The lowest BCUT2D eigenvalue weighted by Gasteiger charge is -2.67. The van der Waals surface area contributed by atoms with Gasteiger partial charge in [0.1, 0.15) is 36.6 Å². The largest absolute Gasteiger partial charge is 0.509 e. The predicted molar refractivity (Wildman–Crippen MR) is 260 cm³/mol. The van der Waals surface area contributed by atoms with Crippen LogP contribution in [0.15, 0.2) is 102 Å². The number of fused-ring (bicyclic) bond motifs is 5. The van der Waals surface area contributed by atoms with E-state index in [0.29, 0.717) is 11.3 Å². The summed E-state index contributed by atoms with van der Waals surface area (Å²) >= 11 is 0. The van der Waals surface area contributed by atoms with E-state index in [1.807, 2.05) is 0 Å². The highest BCUT2D eigenvalue weighted by atomic mass is 33.1. The van der Waals surface area contributed by atoms with Crippen molar-refractivity contribution in [1.82, 2.24) is 5.32 Å². The molecule has 18 nitrogen and oxygen atoms in total. The van der Waals surface area contributed by atoms with Gasteiger partial charge in [-0.05, 0) is 54.8 Å². The van der Waals surface area contributed by atoms with Crippen molar-refractivity contribution in [3.63, 3.8) is 0 Å². The third-order valence-corrected chi connectivity index (χ3v) is 16.7. The maximum atomic E-state index is 15.7. The SMILES string of the molecule is CC(=O)O[C@H]1C(=O)[C@@]2(C)[C@H]([C@H](OC(=O)c3ccccc3)[C@]3(O)CC(OC(=O)C(OC(=O)OCCSSCCO)C(NC(=O)c4ccccc4)c4ccccc4)C(C)=C1C3(C)C)[C@]1(OC(C)=O)CO[C@@H]1C[C@@H]2O. The minimum absolute atomic E-state index is 0.0377. The molecule has 386 valence electrons. The highest BCUT2D eigenvalue weighted by Gasteiger charge is 2.78. The molecule has 3 fully saturated rings. The Morgan fingerprint density at radius 1 is 0.833 bits per heavy atom. The summed E-state index contributed by atoms with van der Waals surface area (Å²) in [5, 5.41) is 38.1. The molecule has 2 bridgehead atoms. The van der Waals surface area contributed by atoms with Crippen molar-refractivity contribution in [2.45, 2.75) is 108 Å². The lowest BCUT2D eigenvalue weighted by atomic mass is 9.44. The minimum Gasteiger partial charge on any atom is -0.455 e. The van der Waals surface area contributed by atoms with Gasteiger partial charge in [-0.3, -0.25) is 19.2 Å². The summed E-state index contributed by atoms with van der Waals surface area (Å²) < 4.78 is 41.9. The molecule has 4 aliphatic rings. The Labute approximate surface area is 424 Å². The number of ether oxygens (including phenoxy) is 7. The zero-order valence-corrected chi connectivity index (χ0v) is 42.2. The molecule has 1 amide bonds. The van der Waals surface area contributed by atoms with Crippen molar-refractivity contribution < 1.29 is 82.0 Å². The van der Waals surface area contributed by atoms with E-state index in [1.165, 1.54) is 59.7 Å². The van der Waals surface area contributed by atoms with Crippen molar-refractivity contribution in [3.8, 4) is 0 Å². The monoisotopic (exact) mass is 1030 g/mol. The van der Waals surface area contributed by atoms with Crippen LogP contribution in [-0.2, 0) is 52.3 Å². The summed E-state index contributed by atoms with van der Waals surface area (Å²) in [6, 6.07) is 22.5. The normalized spacial score (nSPS) is 28.9. The van der Waals surface area contributed by atoms with Gasteiger partial charge in [0.05, 0.1) is 36.2 Å². The molecule has 0 spiro atoms. The predicted octanol–water partition coefficient (Wildman–Crippen LogP) is 5.27. The lowest BCUT2D eigenvalue weighted by Crippen LogP contribution is -2.82. The molecule has 2 saturated carbocycles. The third-order valence-electron chi connectivity index (χ3n) is 14.3. The summed E-state index contributed by atoms with van der Waals surface area (Å²) in [7, 11) is 2.67. The number of hydrogen-bond donors (Lipinski definition) is 4. The Bertz CT molecular complexity index is 2550. The molecular formula is C52H59NO17S2. The van der Waals surface area contributed by atoms with Crippen LogP contribution < -0.4 is 5.32 Å². The molecule has 20 heteroatoms. The van der Waals surface area contributed by atoms with E-state index in [9.17, 15) is 34.2 Å². The van der Waals surface area contributed by atoms with Crippen LogP contribution in [0.1, 0.15) is 86.7 Å². The van der Waals surface area contributed by atoms with E-state index < -0.39 is 119 Å². The number of carbonyl (C=O) groups is 7. The van der Waals surface area contributed by atoms with Gasteiger partial charge in [-0.25, -0.2) is 14.4 Å². The van der Waals surface area contributed by atoms with Gasteiger partial charge >= 0.3 is 30.0 Å². The first kappa shape index (κ1) is 54.0. The van der Waals surface area contributed by atoms with Crippen molar-refractivity contribution in [3.05, 3.63) is 119 Å². The fourth-order valence-electron chi connectivity index (χ4n) is 10.7. The van der Waals surface area contributed by atoms with E-state index in [1.54, 1.807) is 80.6 Å². The van der Waals surface area contributed by atoms with Crippen molar-refractivity contribution in [2.24, 2.45) is 16.7 Å². The van der Waals surface area contributed by atoms with Crippen LogP contribution in [-0.4, -0.2) is 136 Å². The van der Waals surface area contributed by atoms with Gasteiger partial charge in [0.25, 0.3) is 5.91 Å². The molecule has 72 heavy (non-hydrogen) atoms. The number of esters is 4. The van der Waals surface area contributed by atoms with Gasteiger partial charge in [-0.1, -0.05) is 102 Å². The molecule has 3 aromatic carbocycles. The van der Waals surface area contributed by atoms with Crippen molar-refractivity contribution in [1.29, 1.82) is 0 Å². The second kappa shape index (κ2) is 22.1. The van der Waals surface area contributed by atoms with Crippen molar-refractivity contribution in [2.75, 3.05) is 31.3 Å². The number of benzene rings is 3. The van der Waals surface area contributed by atoms with E-state index in [-0.39, 0.29) is 54.3 Å². The quantitative estimate of drug-likeness (QED) is 0.0441. The summed E-state index contributed by atoms with van der Waals surface area (Å²) in [5.74, 6) is -6.42. The Kier molecular flexibility index (Phi) is 16.6. The third kappa shape index (κ3) is 10.4. The first-order valence-electron chi connectivity index (χ1n) is 23.4. The molecule has 0 aromatic heterocycles. The second-order valence-corrected chi connectivity index (χ2v) is 21.6. The first-order valence-corrected chi connectivity index (χ1v) is 25.9. The average molecular weight is 1030 g/mol. The number of hydrogen-bond acceptors (Lipinski definition) is 19. The maximum absolute atomic E-state index is 15.7. The molecule has 1 aliphatic heterocycles. The first-order chi connectivity index (χ1) is 34.2. The van der Waals surface area contributed by atoms with E-state index in [2.05, 4.69) is 5.32 Å². The Morgan fingerprint density at radius 3 is 2.03 bits per heavy atom. The van der Waals surface area contributed by atoms with Crippen LogP contribution in [0.5, 0.6) is 0 Å². The Balaban J connectivity index is 1.39. The molecule has 3 aliphatic carbocycles. The van der Waals surface area contributed by atoms with Gasteiger partial charge in [-0.2, -0.15) is 0 Å². The number of carbonyl (C=O) groups excluding carboxylic acids is 7. The smallest absolute Gasteiger partial charge is 0.455 e. The molecule has 1 saturated heterocycles. The highest BCUT2D eigenvalue weighted by molar-refractivity contribution is 8.76. The van der Waals surface area contributed by atoms with Gasteiger partial charge in [0.2, 0.25) is 6.10 Å². The maximum Gasteiger partial charge on any atom is 0.509 e.